The summed E-state index contributed by atoms with van der Waals surface area (Å²) in [6.45, 7) is 4.49. The van der Waals surface area contributed by atoms with Gasteiger partial charge in [-0.3, -0.25) is 0 Å². The Hall–Kier alpha value is -1.71. The second-order valence-electron chi connectivity index (χ2n) is 4.15. The van der Waals surface area contributed by atoms with Gasteiger partial charge < -0.3 is 14.7 Å². The van der Waals surface area contributed by atoms with Crippen LogP contribution in [0.1, 0.15) is 30.1 Å². The van der Waals surface area contributed by atoms with Gasteiger partial charge in [0, 0.05) is 6.54 Å². The maximum atomic E-state index is 11.1. The van der Waals surface area contributed by atoms with Gasteiger partial charge in [0.1, 0.15) is 12.2 Å². The number of carboxylic acid groups (broad SMARTS) is 1. The minimum absolute atomic E-state index is 0.253. The Kier molecular flexibility index (Phi) is 3.52. The molecule has 1 heterocycles. The molecule has 92 valence electrons. The van der Waals surface area contributed by atoms with Crippen molar-refractivity contribution in [3.63, 3.8) is 0 Å². The lowest BCUT2D eigenvalue weighted by atomic mass is 10.1. The summed E-state index contributed by atoms with van der Waals surface area (Å²) in [7, 11) is 0. The highest BCUT2D eigenvalue weighted by Gasteiger charge is 2.22. The molecule has 2 rings (SSSR count). The number of hydrogen-bond acceptors (Lipinski definition) is 3. The number of aromatic carboxylic acids is 1. The number of carbonyl (C=O) groups is 1. The Morgan fingerprint density at radius 1 is 1.53 bits per heavy atom. The zero-order valence-electron chi connectivity index (χ0n) is 9.98. The van der Waals surface area contributed by atoms with Crippen molar-refractivity contribution in [3.05, 3.63) is 23.8 Å². The lowest BCUT2D eigenvalue weighted by molar-refractivity contribution is 0.0692. The molecule has 1 aliphatic rings. The Morgan fingerprint density at radius 2 is 2.35 bits per heavy atom. The molecule has 0 saturated carbocycles. The van der Waals surface area contributed by atoms with E-state index in [0.29, 0.717) is 12.4 Å². The zero-order valence-corrected chi connectivity index (χ0v) is 9.98. The predicted octanol–water partition coefficient (Wildman–Crippen LogP) is 2.38. The van der Waals surface area contributed by atoms with E-state index in [9.17, 15) is 4.79 Å². The van der Waals surface area contributed by atoms with Gasteiger partial charge in [0.25, 0.3) is 0 Å². The molecule has 1 aromatic carbocycles. The maximum Gasteiger partial charge on any atom is 0.339 e. The van der Waals surface area contributed by atoms with Crippen LogP contribution in [0.15, 0.2) is 18.2 Å². The van der Waals surface area contributed by atoms with Gasteiger partial charge in [0.15, 0.2) is 5.75 Å². The zero-order chi connectivity index (χ0) is 12.3. The van der Waals surface area contributed by atoms with Crippen LogP contribution in [0.5, 0.6) is 5.75 Å². The third-order valence-electron chi connectivity index (χ3n) is 2.95. The Bertz CT molecular complexity index is 417. The molecule has 0 atom stereocenters. The molecule has 17 heavy (non-hydrogen) atoms. The van der Waals surface area contributed by atoms with Gasteiger partial charge in [-0.15, -0.1) is 0 Å². The van der Waals surface area contributed by atoms with Crippen molar-refractivity contribution >= 4 is 11.7 Å². The quantitative estimate of drug-likeness (QED) is 0.870. The van der Waals surface area contributed by atoms with Crippen LogP contribution in [0.3, 0.4) is 0 Å². The van der Waals surface area contributed by atoms with Crippen LogP contribution >= 0.6 is 0 Å². The molecule has 0 fully saturated rings. The number of rotatable bonds is 4. The lowest BCUT2D eigenvalue weighted by Gasteiger charge is -2.31. The van der Waals surface area contributed by atoms with Crippen molar-refractivity contribution in [2.45, 2.75) is 19.8 Å². The summed E-state index contributed by atoms with van der Waals surface area (Å²) in [6, 6.07) is 5.29. The van der Waals surface area contributed by atoms with Crippen molar-refractivity contribution < 1.29 is 14.6 Å². The second kappa shape index (κ2) is 5.08. The summed E-state index contributed by atoms with van der Waals surface area (Å²) in [5, 5.41) is 9.10. The average Bonchev–Trinajstić information content (AvgIpc) is 2.35. The van der Waals surface area contributed by atoms with E-state index in [4.69, 9.17) is 9.84 Å². The number of ether oxygens (including phenoxy) is 1. The Labute approximate surface area is 101 Å². The van der Waals surface area contributed by atoms with Gasteiger partial charge in [-0.2, -0.15) is 0 Å². The fourth-order valence-corrected chi connectivity index (χ4v) is 2.05. The van der Waals surface area contributed by atoms with E-state index in [2.05, 4.69) is 11.8 Å². The van der Waals surface area contributed by atoms with E-state index in [-0.39, 0.29) is 5.56 Å². The van der Waals surface area contributed by atoms with E-state index in [1.54, 1.807) is 12.1 Å². The number of benzene rings is 1. The summed E-state index contributed by atoms with van der Waals surface area (Å²) in [4.78, 5) is 13.3. The van der Waals surface area contributed by atoms with Crippen molar-refractivity contribution in [2.75, 3.05) is 24.6 Å². The van der Waals surface area contributed by atoms with Gasteiger partial charge in [0.2, 0.25) is 0 Å². The molecular weight excluding hydrogens is 218 g/mol. The molecule has 0 spiro atoms. The van der Waals surface area contributed by atoms with Crippen LogP contribution in [0, 0.1) is 0 Å². The number of hydrogen-bond donors (Lipinski definition) is 1. The first-order valence-electron chi connectivity index (χ1n) is 5.98. The smallest absolute Gasteiger partial charge is 0.339 e. The number of anilines is 1. The van der Waals surface area contributed by atoms with Crippen LogP contribution < -0.4 is 9.64 Å². The molecule has 0 aliphatic carbocycles. The molecular formula is C13H17NO3. The SMILES string of the molecule is CCCCN1CCOc2c(C(=O)O)cccc21. The van der Waals surface area contributed by atoms with Crippen LogP contribution in [0.25, 0.3) is 0 Å². The topological polar surface area (TPSA) is 49.8 Å². The van der Waals surface area contributed by atoms with Crippen molar-refractivity contribution in [2.24, 2.45) is 0 Å². The summed E-state index contributed by atoms with van der Waals surface area (Å²) >= 11 is 0. The van der Waals surface area contributed by atoms with Crippen LogP contribution in [0.4, 0.5) is 5.69 Å². The first-order valence-corrected chi connectivity index (χ1v) is 5.98. The highest BCUT2D eigenvalue weighted by molar-refractivity contribution is 5.93. The number of fused-ring (bicyclic) bond motifs is 1. The number of unbranched alkanes of at least 4 members (excludes halogenated alkanes) is 1. The van der Waals surface area contributed by atoms with Gasteiger partial charge in [-0.05, 0) is 18.6 Å². The Balaban J connectivity index is 2.32. The van der Waals surface area contributed by atoms with Crippen molar-refractivity contribution in [3.8, 4) is 5.75 Å². The van der Waals surface area contributed by atoms with Crippen LogP contribution in [0.2, 0.25) is 0 Å². The molecule has 0 unspecified atom stereocenters. The van der Waals surface area contributed by atoms with Crippen molar-refractivity contribution in [1.82, 2.24) is 0 Å². The van der Waals surface area contributed by atoms with E-state index in [1.165, 1.54) is 0 Å². The summed E-state index contributed by atoms with van der Waals surface area (Å²) in [5.74, 6) is -0.415. The molecule has 0 saturated heterocycles. The summed E-state index contributed by atoms with van der Waals surface area (Å²) in [5.41, 5.74) is 1.16. The fourth-order valence-electron chi connectivity index (χ4n) is 2.05. The van der Waals surface area contributed by atoms with Gasteiger partial charge in [-0.1, -0.05) is 19.4 Å². The largest absolute Gasteiger partial charge is 0.489 e. The molecule has 0 radical (unpaired) electrons. The fraction of sp³-hybridized carbons (Fsp3) is 0.462. The standard InChI is InChI=1S/C13H17NO3/c1-2-3-7-14-8-9-17-12-10(13(15)16)5-4-6-11(12)14/h4-6H,2-3,7-9H2,1H3,(H,15,16). The Morgan fingerprint density at radius 3 is 3.06 bits per heavy atom. The number of para-hydroxylation sites is 1. The number of nitrogens with zero attached hydrogens (tertiary/aromatic N) is 1. The molecule has 0 bridgehead atoms. The second-order valence-corrected chi connectivity index (χ2v) is 4.15. The van der Waals surface area contributed by atoms with Gasteiger partial charge >= 0.3 is 5.97 Å². The average molecular weight is 235 g/mol. The predicted molar refractivity (Wildman–Crippen MR) is 66.0 cm³/mol. The van der Waals surface area contributed by atoms with Gasteiger partial charge in [-0.25, -0.2) is 4.79 Å². The van der Waals surface area contributed by atoms with E-state index < -0.39 is 5.97 Å². The highest BCUT2D eigenvalue weighted by Crippen LogP contribution is 2.34. The number of carboxylic acids is 1. The first kappa shape index (κ1) is 11.8. The van der Waals surface area contributed by atoms with E-state index in [1.807, 2.05) is 6.07 Å². The van der Waals surface area contributed by atoms with E-state index >= 15 is 0 Å². The first-order chi connectivity index (χ1) is 8.24. The molecule has 1 aliphatic heterocycles. The summed E-state index contributed by atoms with van der Waals surface area (Å²) < 4.78 is 5.50. The molecule has 1 N–H and O–H groups in total. The van der Waals surface area contributed by atoms with Crippen molar-refractivity contribution in [1.29, 1.82) is 0 Å². The third kappa shape index (κ3) is 2.35. The minimum atomic E-state index is -0.931. The summed E-state index contributed by atoms with van der Waals surface area (Å²) in [6.07, 6.45) is 2.24. The molecule has 1 aromatic rings. The molecule has 4 nitrogen and oxygen atoms in total. The molecule has 4 heteroatoms. The minimum Gasteiger partial charge on any atom is -0.489 e. The molecule has 0 aromatic heterocycles. The van der Waals surface area contributed by atoms with Crippen LogP contribution in [-0.2, 0) is 0 Å². The van der Waals surface area contributed by atoms with E-state index in [0.717, 1.165) is 31.6 Å². The van der Waals surface area contributed by atoms with Gasteiger partial charge in [0.05, 0.1) is 12.2 Å². The third-order valence-corrected chi connectivity index (χ3v) is 2.95. The highest BCUT2D eigenvalue weighted by atomic mass is 16.5. The normalized spacial score (nSPS) is 14.1. The molecule has 0 amide bonds. The van der Waals surface area contributed by atoms with Crippen LogP contribution in [-0.4, -0.2) is 30.8 Å². The monoisotopic (exact) mass is 235 g/mol. The lowest BCUT2D eigenvalue weighted by Crippen LogP contribution is -2.34. The maximum absolute atomic E-state index is 11.1.